The molecule has 4 aromatic rings. The highest BCUT2D eigenvalue weighted by molar-refractivity contribution is 7.17. The Hall–Kier alpha value is -2.11. The van der Waals surface area contributed by atoms with Gasteiger partial charge in [0.1, 0.15) is 5.82 Å². The number of aromatic nitrogens is 2. The van der Waals surface area contributed by atoms with Crippen LogP contribution in [0.3, 0.4) is 0 Å². The number of thiophene rings is 1. The molecule has 0 radical (unpaired) electrons. The molecule has 0 aliphatic heterocycles. The number of anilines is 1. The summed E-state index contributed by atoms with van der Waals surface area (Å²) in [6.45, 7) is 0. The Balaban J connectivity index is 2.04. The molecule has 2 aromatic heterocycles. The Kier molecular flexibility index (Phi) is 2.67. The lowest BCUT2D eigenvalue weighted by molar-refractivity contribution is 0.629. The molecule has 4 rings (SSSR count). The van der Waals surface area contributed by atoms with Gasteiger partial charge in [0.05, 0.1) is 16.1 Å². The maximum absolute atomic E-state index is 13.7. The van der Waals surface area contributed by atoms with Crippen LogP contribution in [-0.4, -0.2) is 9.55 Å². The topological polar surface area (TPSA) is 43.8 Å². The number of fused-ring (bicyclic) bond motifs is 2. The van der Waals surface area contributed by atoms with Gasteiger partial charge in [-0.1, -0.05) is 11.6 Å². The van der Waals surface area contributed by atoms with E-state index in [2.05, 4.69) is 4.98 Å². The van der Waals surface area contributed by atoms with Crippen LogP contribution in [0.5, 0.6) is 0 Å². The molecule has 0 saturated heterocycles. The van der Waals surface area contributed by atoms with Crippen LogP contribution in [-0.2, 0) is 0 Å². The zero-order chi connectivity index (χ0) is 14.6. The number of halogens is 2. The summed E-state index contributed by atoms with van der Waals surface area (Å²) in [5.41, 5.74) is 8.02. The fraction of sp³-hybridized carbons (Fsp3) is 0. The average molecular weight is 318 g/mol. The number of nitrogen functional groups attached to an aromatic ring is 1. The van der Waals surface area contributed by atoms with Gasteiger partial charge in [0, 0.05) is 16.5 Å². The number of hydrogen-bond acceptors (Lipinski definition) is 3. The Morgan fingerprint density at radius 2 is 2.05 bits per heavy atom. The van der Waals surface area contributed by atoms with Crippen molar-refractivity contribution in [1.82, 2.24) is 9.55 Å². The summed E-state index contributed by atoms with van der Waals surface area (Å²) < 4.78 is 16.7. The van der Waals surface area contributed by atoms with Crippen molar-refractivity contribution < 1.29 is 4.39 Å². The second-order valence-electron chi connectivity index (χ2n) is 4.70. The maximum atomic E-state index is 13.7. The third kappa shape index (κ3) is 1.89. The third-order valence-electron chi connectivity index (χ3n) is 3.42. The van der Waals surface area contributed by atoms with E-state index in [4.69, 9.17) is 17.3 Å². The normalized spacial score (nSPS) is 11.5. The lowest BCUT2D eigenvalue weighted by atomic mass is 10.2. The predicted molar refractivity (Wildman–Crippen MR) is 85.8 cm³/mol. The monoisotopic (exact) mass is 317 g/mol. The van der Waals surface area contributed by atoms with Crippen molar-refractivity contribution in [3.63, 3.8) is 0 Å². The summed E-state index contributed by atoms with van der Waals surface area (Å²) in [7, 11) is 0. The number of hydrogen-bond donors (Lipinski definition) is 1. The van der Waals surface area contributed by atoms with Crippen LogP contribution in [0.15, 0.2) is 41.8 Å². The van der Waals surface area contributed by atoms with Gasteiger partial charge in [-0.3, -0.25) is 4.57 Å². The summed E-state index contributed by atoms with van der Waals surface area (Å²) in [4.78, 5) is 4.25. The van der Waals surface area contributed by atoms with Crippen molar-refractivity contribution in [1.29, 1.82) is 0 Å². The molecule has 2 N–H and O–H groups in total. The first kappa shape index (κ1) is 12.6. The van der Waals surface area contributed by atoms with Gasteiger partial charge in [0.15, 0.2) is 0 Å². The zero-order valence-corrected chi connectivity index (χ0v) is 12.2. The quantitative estimate of drug-likeness (QED) is 0.557. The van der Waals surface area contributed by atoms with Crippen molar-refractivity contribution in [2.75, 3.05) is 5.73 Å². The molecule has 0 unspecified atom stereocenters. The summed E-state index contributed by atoms with van der Waals surface area (Å²) in [5.74, 6) is -0.178. The van der Waals surface area contributed by atoms with E-state index in [1.54, 1.807) is 15.9 Å². The van der Waals surface area contributed by atoms with Gasteiger partial charge < -0.3 is 5.73 Å². The van der Waals surface area contributed by atoms with Crippen molar-refractivity contribution in [2.24, 2.45) is 0 Å². The molecule has 2 aromatic carbocycles. The smallest absolute Gasteiger partial charge is 0.205 e. The van der Waals surface area contributed by atoms with Crippen molar-refractivity contribution >= 4 is 50.0 Å². The molecular weight excluding hydrogens is 309 g/mol. The number of imidazole rings is 1. The number of rotatable bonds is 1. The molecule has 0 fully saturated rings. The second kappa shape index (κ2) is 4.44. The van der Waals surface area contributed by atoms with Crippen LogP contribution in [0.2, 0.25) is 5.02 Å². The van der Waals surface area contributed by atoms with Gasteiger partial charge in [-0.2, -0.15) is 0 Å². The molecule has 0 bridgehead atoms. The first-order chi connectivity index (χ1) is 10.1. The van der Waals surface area contributed by atoms with Gasteiger partial charge in [-0.05, 0) is 41.1 Å². The Bertz CT molecular complexity index is 989. The van der Waals surface area contributed by atoms with E-state index in [9.17, 15) is 4.39 Å². The van der Waals surface area contributed by atoms with Crippen LogP contribution in [0.25, 0.3) is 26.8 Å². The molecule has 0 atom stereocenters. The van der Waals surface area contributed by atoms with Crippen LogP contribution < -0.4 is 5.73 Å². The predicted octanol–water partition coefficient (Wildman–Crippen LogP) is 4.61. The Morgan fingerprint density at radius 1 is 1.19 bits per heavy atom. The van der Waals surface area contributed by atoms with Crippen LogP contribution >= 0.6 is 22.9 Å². The summed E-state index contributed by atoms with van der Waals surface area (Å²) >= 11 is 7.47. The molecule has 0 aliphatic carbocycles. The summed E-state index contributed by atoms with van der Waals surface area (Å²) in [6, 6.07) is 10.9. The standard InChI is InChI=1S/C15H9ClFN3S/c16-10-6-12-13(7-11(10)17)20(15(18)19-12)9-1-2-14-8(5-9)3-4-21-14/h1-7H,(H2,18,19). The van der Waals surface area contributed by atoms with Gasteiger partial charge >= 0.3 is 0 Å². The Labute approximate surface area is 128 Å². The highest BCUT2D eigenvalue weighted by Gasteiger charge is 2.13. The minimum absolute atomic E-state index is 0.0421. The van der Waals surface area contributed by atoms with Crippen LogP contribution in [0, 0.1) is 5.82 Å². The summed E-state index contributed by atoms with van der Waals surface area (Å²) in [6.07, 6.45) is 0. The highest BCUT2D eigenvalue weighted by atomic mass is 35.5. The lowest BCUT2D eigenvalue weighted by Gasteiger charge is -2.07. The fourth-order valence-corrected chi connectivity index (χ4v) is 3.38. The highest BCUT2D eigenvalue weighted by Crippen LogP contribution is 2.30. The molecule has 0 saturated carbocycles. The number of nitrogens with zero attached hydrogens (tertiary/aromatic N) is 2. The summed E-state index contributed by atoms with van der Waals surface area (Å²) in [5, 5.41) is 3.19. The molecule has 104 valence electrons. The van der Waals surface area contributed by atoms with E-state index in [0.29, 0.717) is 17.0 Å². The first-order valence-electron chi connectivity index (χ1n) is 6.24. The van der Waals surface area contributed by atoms with Gasteiger partial charge in [-0.25, -0.2) is 9.37 Å². The largest absolute Gasteiger partial charge is 0.369 e. The molecule has 0 spiro atoms. The lowest BCUT2D eigenvalue weighted by Crippen LogP contribution is -2.00. The average Bonchev–Trinajstić information content (AvgIpc) is 3.02. The van der Waals surface area contributed by atoms with E-state index >= 15 is 0 Å². The first-order valence-corrected chi connectivity index (χ1v) is 7.50. The van der Waals surface area contributed by atoms with Gasteiger partial charge in [0.2, 0.25) is 5.95 Å². The molecule has 2 heterocycles. The van der Waals surface area contributed by atoms with E-state index in [-0.39, 0.29) is 5.02 Å². The minimum Gasteiger partial charge on any atom is -0.369 e. The Morgan fingerprint density at radius 3 is 2.90 bits per heavy atom. The molecule has 21 heavy (non-hydrogen) atoms. The number of benzene rings is 2. The SMILES string of the molecule is Nc1nc2cc(Cl)c(F)cc2n1-c1ccc2sccc2c1. The van der Waals surface area contributed by atoms with Crippen molar-refractivity contribution in [2.45, 2.75) is 0 Å². The maximum Gasteiger partial charge on any atom is 0.205 e. The van der Waals surface area contributed by atoms with E-state index < -0.39 is 5.82 Å². The molecule has 0 amide bonds. The van der Waals surface area contributed by atoms with Crippen molar-refractivity contribution in [3.8, 4) is 5.69 Å². The second-order valence-corrected chi connectivity index (χ2v) is 6.06. The zero-order valence-electron chi connectivity index (χ0n) is 10.7. The molecular formula is C15H9ClFN3S. The molecule has 6 heteroatoms. The van der Waals surface area contributed by atoms with Crippen molar-refractivity contribution in [3.05, 3.63) is 52.6 Å². The fourth-order valence-electron chi connectivity index (χ4n) is 2.46. The van der Waals surface area contributed by atoms with Crippen LogP contribution in [0.1, 0.15) is 0 Å². The third-order valence-corrected chi connectivity index (χ3v) is 4.60. The van der Waals surface area contributed by atoms with E-state index in [1.807, 2.05) is 29.6 Å². The molecule has 3 nitrogen and oxygen atoms in total. The van der Waals surface area contributed by atoms with Crippen LogP contribution in [0.4, 0.5) is 10.3 Å². The number of nitrogens with two attached hydrogens (primary N) is 1. The van der Waals surface area contributed by atoms with E-state index in [0.717, 1.165) is 11.1 Å². The van der Waals surface area contributed by atoms with Gasteiger partial charge in [-0.15, -0.1) is 11.3 Å². The van der Waals surface area contributed by atoms with Gasteiger partial charge in [0.25, 0.3) is 0 Å². The molecule has 0 aliphatic rings. The van der Waals surface area contributed by atoms with E-state index in [1.165, 1.54) is 16.8 Å². The minimum atomic E-state index is -0.484.